The lowest BCUT2D eigenvalue weighted by Crippen LogP contribution is -1.88. The first-order chi connectivity index (χ1) is 10.3. The molecule has 97 valence electrons. The maximum atomic E-state index is 4.35. The van der Waals surface area contributed by atoms with Crippen LogP contribution in [0.3, 0.4) is 0 Å². The van der Waals surface area contributed by atoms with Gasteiger partial charge in [0.1, 0.15) is 0 Å². The van der Waals surface area contributed by atoms with E-state index in [4.69, 9.17) is 0 Å². The second-order valence-electron chi connectivity index (χ2n) is 5.70. The second-order valence-corrected chi connectivity index (χ2v) is 5.70. The van der Waals surface area contributed by atoms with Crippen LogP contribution in [0.2, 0.25) is 0 Å². The normalized spacial score (nSPS) is 12.0. The maximum Gasteiger partial charge on any atom is -0.00176 e. The molecular formula is C21H13. The van der Waals surface area contributed by atoms with Gasteiger partial charge >= 0.3 is 0 Å². The number of hydrogen-bond donors (Lipinski definition) is 0. The minimum absolute atomic E-state index is 1.14. The van der Waals surface area contributed by atoms with E-state index in [-0.39, 0.29) is 0 Å². The summed E-state index contributed by atoms with van der Waals surface area (Å²) in [5.41, 5.74) is 1.14. The van der Waals surface area contributed by atoms with Crippen LogP contribution in [0, 0.1) is 6.92 Å². The molecule has 0 N–H and O–H groups in total. The quantitative estimate of drug-likeness (QED) is 0.241. The highest BCUT2D eigenvalue weighted by Crippen LogP contribution is 2.40. The Balaban J connectivity index is 2.26. The highest BCUT2D eigenvalue weighted by molar-refractivity contribution is 6.30. The molecule has 5 rings (SSSR count). The third kappa shape index (κ3) is 1.30. The first-order valence-electron chi connectivity index (χ1n) is 7.25. The Bertz CT molecular complexity index is 1120. The molecule has 0 amide bonds. The summed E-state index contributed by atoms with van der Waals surface area (Å²) in [5, 5.41) is 10.5. The van der Waals surface area contributed by atoms with Gasteiger partial charge in [-0.1, -0.05) is 66.7 Å². The van der Waals surface area contributed by atoms with E-state index in [1.165, 1.54) is 43.1 Å². The predicted octanol–water partition coefficient (Wildman–Crippen LogP) is 5.92. The van der Waals surface area contributed by atoms with Crippen molar-refractivity contribution in [2.75, 3.05) is 0 Å². The van der Waals surface area contributed by atoms with Crippen molar-refractivity contribution in [1.82, 2.24) is 0 Å². The average molecular weight is 265 g/mol. The van der Waals surface area contributed by atoms with E-state index in [0.29, 0.717) is 0 Å². The smallest absolute Gasteiger partial charge is 0.00176 e. The van der Waals surface area contributed by atoms with Crippen molar-refractivity contribution in [2.45, 2.75) is 0 Å². The molecule has 0 aliphatic rings. The van der Waals surface area contributed by atoms with Gasteiger partial charge in [-0.3, -0.25) is 0 Å². The maximum absolute atomic E-state index is 4.35. The molecule has 0 heterocycles. The molecule has 0 saturated carbocycles. The zero-order valence-corrected chi connectivity index (χ0v) is 11.6. The average Bonchev–Trinajstić information content (AvgIpc) is 2.55. The number of hydrogen-bond acceptors (Lipinski definition) is 0. The van der Waals surface area contributed by atoms with E-state index in [9.17, 15) is 0 Å². The molecule has 0 spiro atoms. The largest absolute Gasteiger partial charge is 0.0616 e. The molecule has 21 heavy (non-hydrogen) atoms. The van der Waals surface area contributed by atoms with Crippen LogP contribution in [-0.4, -0.2) is 0 Å². The number of benzene rings is 5. The fourth-order valence-electron chi connectivity index (χ4n) is 3.68. The number of rotatable bonds is 0. The molecule has 0 aliphatic heterocycles. The first-order valence-corrected chi connectivity index (χ1v) is 7.25. The summed E-state index contributed by atoms with van der Waals surface area (Å²) >= 11 is 0. The highest BCUT2D eigenvalue weighted by atomic mass is 14.2. The van der Waals surface area contributed by atoms with Crippen LogP contribution >= 0.6 is 0 Å². The molecule has 0 bridgehead atoms. The third-order valence-corrected chi connectivity index (χ3v) is 4.64. The van der Waals surface area contributed by atoms with Crippen LogP contribution in [0.5, 0.6) is 0 Å². The molecule has 5 aromatic carbocycles. The van der Waals surface area contributed by atoms with Gasteiger partial charge < -0.3 is 0 Å². The molecule has 0 fully saturated rings. The molecule has 0 aliphatic carbocycles. The Morgan fingerprint density at radius 3 is 1.90 bits per heavy atom. The van der Waals surface area contributed by atoms with Crippen molar-refractivity contribution in [1.29, 1.82) is 0 Å². The molecule has 1 radical (unpaired) electrons. The van der Waals surface area contributed by atoms with E-state index in [2.05, 4.69) is 73.7 Å². The Labute approximate surface area is 123 Å². The van der Waals surface area contributed by atoms with Crippen molar-refractivity contribution >= 4 is 43.1 Å². The second kappa shape index (κ2) is 3.73. The van der Waals surface area contributed by atoms with E-state index < -0.39 is 0 Å². The van der Waals surface area contributed by atoms with Crippen molar-refractivity contribution in [3.8, 4) is 0 Å². The summed E-state index contributed by atoms with van der Waals surface area (Å²) in [5.74, 6) is 0. The third-order valence-electron chi connectivity index (χ3n) is 4.64. The van der Waals surface area contributed by atoms with Crippen molar-refractivity contribution in [3.63, 3.8) is 0 Å². The van der Waals surface area contributed by atoms with Gasteiger partial charge in [-0.2, -0.15) is 0 Å². The van der Waals surface area contributed by atoms with E-state index in [1.54, 1.807) is 0 Å². The monoisotopic (exact) mass is 265 g/mol. The van der Waals surface area contributed by atoms with Crippen molar-refractivity contribution < 1.29 is 0 Å². The van der Waals surface area contributed by atoms with Crippen LogP contribution in [0.4, 0.5) is 0 Å². The highest BCUT2D eigenvalue weighted by Gasteiger charge is 2.12. The lowest BCUT2D eigenvalue weighted by Gasteiger charge is -2.15. The van der Waals surface area contributed by atoms with Gasteiger partial charge in [0.05, 0.1) is 0 Å². The molecule has 0 heteroatoms. The molecule has 0 nitrogen and oxygen atoms in total. The summed E-state index contributed by atoms with van der Waals surface area (Å²) in [7, 11) is 0. The van der Waals surface area contributed by atoms with Gasteiger partial charge in [-0.15, -0.1) is 0 Å². The Morgan fingerprint density at radius 2 is 1.14 bits per heavy atom. The minimum atomic E-state index is 1.14. The first kappa shape index (κ1) is 11.1. The van der Waals surface area contributed by atoms with E-state index in [0.717, 1.165) is 5.56 Å². The molecule has 5 aromatic rings. The molecule has 0 atom stereocenters. The van der Waals surface area contributed by atoms with Crippen LogP contribution in [0.15, 0.2) is 66.7 Å². The summed E-state index contributed by atoms with van der Waals surface area (Å²) in [6, 6.07) is 24.0. The summed E-state index contributed by atoms with van der Waals surface area (Å²) < 4.78 is 0. The van der Waals surface area contributed by atoms with E-state index >= 15 is 0 Å². The Kier molecular flexibility index (Phi) is 1.97. The van der Waals surface area contributed by atoms with Gasteiger partial charge in [-0.25, -0.2) is 0 Å². The molecule has 0 aromatic heterocycles. The zero-order valence-electron chi connectivity index (χ0n) is 11.6. The lowest BCUT2D eigenvalue weighted by atomic mass is 9.88. The Hall–Kier alpha value is -2.60. The predicted molar refractivity (Wildman–Crippen MR) is 92.1 cm³/mol. The molecule has 0 unspecified atom stereocenters. The van der Waals surface area contributed by atoms with Gasteiger partial charge in [0.15, 0.2) is 0 Å². The topological polar surface area (TPSA) is 0 Å². The van der Waals surface area contributed by atoms with Crippen LogP contribution in [-0.2, 0) is 0 Å². The van der Waals surface area contributed by atoms with E-state index in [1.807, 2.05) is 0 Å². The van der Waals surface area contributed by atoms with Gasteiger partial charge in [0.25, 0.3) is 0 Å². The number of fused-ring (bicyclic) bond motifs is 2. The van der Waals surface area contributed by atoms with Gasteiger partial charge in [0, 0.05) is 0 Å². The summed E-state index contributed by atoms with van der Waals surface area (Å²) in [4.78, 5) is 0. The fourth-order valence-corrected chi connectivity index (χ4v) is 3.68. The Morgan fingerprint density at radius 1 is 0.476 bits per heavy atom. The van der Waals surface area contributed by atoms with Crippen molar-refractivity contribution in [2.24, 2.45) is 0 Å². The van der Waals surface area contributed by atoms with Gasteiger partial charge in [0.2, 0.25) is 0 Å². The van der Waals surface area contributed by atoms with Gasteiger partial charge in [-0.05, 0) is 55.6 Å². The fraction of sp³-hybridized carbons (Fsp3) is 0. The van der Waals surface area contributed by atoms with Crippen molar-refractivity contribution in [3.05, 3.63) is 79.2 Å². The van der Waals surface area contributed by atoms with Crippen LogP contribution in [0.25, 0.3) is 43.1 Å². The lowest BCUT2D eigenvalue weighted by molar-refractivity contribution is 1.74. The van der Waals surface area contributed by atoms with Crippen LogP contribution < -0.4 is 0 Å². The zero-order chi connectivity index (χ0) is 14.0. The molecule has 0 saturated heterocycles. The van der Waals surface area contributed by atoms with Crippen LogP contribution in [0.1, 0.15) is 5.56 Å². The standard InChI is InChI=1S/C21H13/c1-13-16-7-2-3-8-18(16)19-12-10-15-6-4-5-14-9-11-17(13)21(19)20(14)15/h2-12H,1H2. The summed E-state index contributed by atoms with van der Waals surface area (Å²) in [6.07, 6.45) is 0. The molecular weight excluding hydrogens is 252 g/mol. The summed E-state index contributed by atoms with van der Waals surface area (Å²) in [6.45, 7) is 4.35. The minimum Gasteiger partial charge on any atom is -0.0616 e. The SMILES string of the molecule is [CH2]c1c2ccccc2c2ccc3cccc4ccc1c2c43.